The van der Waals surface area contributed by atoms with Crippen molar-refractivity contribution in [1.82, 2.24) is 13.9 Å². The van der Waals surface area contributed by atoms with Crippen LogP contribution in [0.1, 0.15) is 11.5 Å². The van der Waals surface area contributed by atoms with Crippen molar-refractivity contribution in [3.8, 4) is 5.75 Å². The van der Waals surface area contributed by atoms with Crippen molar-refractivity contribution in [3.63, 3.8) is 0 Å². The normalized spacial score (nSPS) is 19.8. The highest BCUT2D eigenvalue weighted by Gasteiger charge is 2.41. The summed E-state index contributed by atoms with van der Waals surface area (Å²) in [5.41, 5.74) is 0.836. The summed E-state index contributed by atoms with van der Waals surface area (Å²) < 4.78 is 61.4. The number of ether oxygens (including phenoxy) is 1. The number of rotatable bonds is 6. The predicted molar refractivity (Wildman–Crippen MR) is 106 cm³/mol. The molecule has 1 aliphatic heterocycles. The lowest BCUT2D eigenvalue weighted by Gasteiger charge is -2.19. The molecule has 2 aromatic carbocycles. The molecule has 1 saturated heterocycles. The standard InChI is InChI=1S/C21H21F2N3O3S/c1-25-12-21(24-14-25)30(27,28)26-10-16(13-29-19-8-6-18(23)7-9-19)20(11-26)15-2-4-17(22)5-3-15/h2-9,12,14,16,20H,10-11,13H2,1H3. The van der Waals surface area contributed by atoms with Gasteiger partial charge in [0.05, 0.1) is 12.9 Å². The number of hydrogen-bond donors (Lipinski definition) is 0. The van der Waals surface area contributed by atoms with Crippen molar-refractivity contribution in [2.75, 3.05) is 19.7 Å². The van der Waals surface area contributed by atoms with Crippen LogP contribution in [0.4, 0.5) is 8.78 Å². The van der Waals surface area contributed by atoms with E-state index in [4.69, 9.17) is 4.74 Å². The molecule has 6 nitrogen and oxygen atoms in total. The second-order valence-electron chi connectivity index (χ2n) is 7.38. The molecule has 0 radical (unpaired) electrons. The Hall–Kier alpha value is -2.78. The lowest BCUT2D eigenvalue weighted by Crippen LogP contribution is -2.30. The van der Waals surface area contributed by atoms with Crippen LogP contribution in [0.25, 0.3) is 0 Å². The van der Waals surface area contributed by atoms with Gasteiger partial charge in [-0.2, -0.15) is 4.31 Å². The fraction of sp³-hybridized carbons (Fsp3) is 0.286. The average Bonchev–Trinajstić information content (AvgIpc) is 3.35. The summed E-state index contributed by atoms with van der Waals surface area (Å²) in [5.74, 6) is -0.558. The number of hydrogen-bond acceptors (Lipinski definition) is 4. The Labute approximate surface area is 173 Å². The topological polar surface area (TPSA) is 64.4 Å². The summed E-state index contributed by atoms with van der Waals surface area (Å²) in [6, 6.07) is 11.7. The SMILES string of the molecule is Cn1cnc(S(=O)(=O)N2CC(COc3ccc(F)cc3)C(c3ccc(F)cc3)C2)c1. The van der Waals surface area contributed by atoms with E-state index in [9.17, 15) is 17.2 Å². The third kappa shape index (κ3) is 4.22. The van der Waals surface area contributed by atoms with E-state index in [1.54, 1.807) is 23.7 Å². The lowest BCUT2D eigenvalue weighted by molar-refractivity contribution is 0.244. The van der Waals surface area contributed by atoms with Crippen molar-refractivity contribution in [3.05, 3.63) is 78.3 Å². The zero-order valence-electron chi connectivity index (χ0n) is 16.3. The summed E-state index contributed by atoms with van der Waals surface area (Å²) in [6.45, 7) is 0.714. The van der Waals surface area contributed by atoms with Gasteiger partial charge in [0.2, 0.25) is 0 Å². The Morgan fingerprint density at radius 2 is 1.67 bits per heavy atom. The van der Waals surface area contributed by atoms with Crippen molar-refractivity contribution >= 4 is 10.0 Å². The smallest absolute Gasteiger partial charge is 0.262 e. The van der Waals surface area contributed by atoms with E-state index >= 15 is 0 Å². The summed E-state index contributed by atoms with van der Waals surface area (Å²) in [4.78, 5) is 3.99. The van der Waals surface area contributed by atoms with Crippen LogP contribution in [0.15, 0.2) is 66.1 Å². The van der Waals surface area contributed by atoms with Crippen LogP contribution in [0, 0.1) is 17.6 Å². The molecule has 0 N–H and O–H groups in total. The Balaban J connectivity index is 1.58. The van der Waals surface area contributed by atoms with Crippen molar-refractivity contribution in [2.24, 2.45) is 13.0 Å². The number of halogens is 2. The maximum atomic E-state index is 13.4. The molecule has 158 valence electrons. The van der Waals surface area contributed by atoms with Crippen LogP contribution in [0.2, 0.25) is 0 Å². The van der Waals surface area contributed by atoms with Crippen molar-refractivity contribution < 1.29 is 21.9 Å². The number of sulfonamides is 1. The highest BCUT2D eigenvalue weighted by Crippen LogP contribution is 2.36. The van der Waals surface area contributed by atoms with Gasteiger partial charge >= 0.3 is 0 Å². The van der Waals surface area contributed by atoms with Crippen LogP contribution < -0.4 is 4.74 Å². The maximum absolute atomic E-state index is 13.4. The molecular weight excluding hydrogens is 412 g/mol. The summed E-state index contributed by atoms with van der Waals surface area (Å²) >= 11 is 0. The predicted octanol–water partition coefficient (Wildman–Crippen LogP) is 3.18. The molecule has 2 atom stereocenters. The Morgan fingerprint density at radius 1 is 1.03 bits per heavy atom. The first-order valence-corrected chi connectivity index (χ1v) is 10.9. The molecule has 3 aromatic rings. The fourth-order valence-corrected chi connectivity index (χ4v) is 5.16. The Bertz CT molecular complexity index is 1120. The first kappa shape index (κ1) is 20.5. The van der Waals surface area contributed by atoms with E-state index in [0.29, 0.717) is 5.75 Å². The van der Waals surface area contributed by atoms with Gasteiger partial charge in [-0.05, 0) is 42.0 Å². The van der Waals surface area contributed by atoms with E-state index < -0.39 is 10.0 Å². The van der Waals surface area contributed by atoms with Crippen molar-refractivity contribution in [2.45, 2.75) is 10.9 Å². The second kappa shape index (κ2) is 8.16. The fourth-order valence-electron chi connectivity index (χ4n) is 3.67. The molecule has 9 heteroatoms. The zero-order chi connectivity index (χ0) is 21.3. The van der Waals surface area contributed by atoms with Gasteiger partial charge in [0, 0.05) is 38.2 Å². The van der Waals surface area contributed by atoms with Crippen LogP contribution in [0.5, 0.6) is 5.75 Å². The van der Waals surface area contributed by atoms with E-state index in [1.807, 2.05) is 0 Å². The molecular formula is C21H21F2N3O3S. The monoisotopic (exact) mass is 433 g/mol. The van der Waals surface area contributed by atoms with Crippen LogP contribution >= 0.6 is 0 Å². The number of nitrogens with zero attached hydrogens (tertiary/aromatic N) is 3. The van der Waals surface area contributed by atoms with Gasteiger partial charge in [-0.15, -0.1) is 0 Å². The van der Waals surface area contributed by atoms with Gasteiger partial charge in [-0.3, -0.25) is 0 Å². The second-order valence-corrected chi connectivity index (χ2v) is 9.27. The molecule has 2 heterocycles. The number of aryl methyl sites for hydroxylation is 1. The van der Waals surface area contributed by atoms with Crippen molar-refractivity contribution in [1.29, 1.82) is 0 Å². The third-order valence-corrected chi connectivity index (χ3v) is 6.99. The molecule has 30 heavy (non-hydrogen) atoms. The molecule has 4 rings (SSSR count). The molecule has 1 fully saturated rings. The Kier molecular flexibility index (Phi) is 5.57. The van der Waals surface area contributed by atoms with Crippen LogP contribution in [-0.2, 0) is 17.1 Å². The van der Waals surface area contributed by atoms with Gasteiger partial charge in [0.25, 0.3) is 10.0 Å². The van der Waals surface area contributed by atoms with E-state index in [1.165, 1.54) is 53.2 Å². The van der Waals surface area contributed by atoms with Gasteiger partial charge in [0.1, 0.15) is 17.4 Å². The third-order valence-electron chi connectivity index (χ3n) is 5.27. The van der Waals surface area contributed by atoms with Gasteiger partial charge in [-0.25, -0.2) is 22.2 Å². The molecule has 0 aliphatic carbocycles. The quantitative estimate of drug-likeness (QED) is 0.599. The molecule has 0 saturated carbocycles. The first-order valence-electron chi connectivity index (χ1n) is 9.45. The maximum Gasteiger partial charge on any atom is 0.262 e. The number of benzene rings is 2. The largest absolute Gasteiger partial charge is 0.493 e. The first-order chi connectivity index (χ1) is 14.3. The molecule has 2 unspecified atom stereocenters. The minimum absolute atomic E-state index is 0.0111. The lowest BCUT2D eigenvalue weighted by atomic mass is 9.89. The van der Waals surface area contributed by atoms with E-state index in [2.05, 4.69) is 4.98 Å². The van der Waals surface area contributed by atoms with Gasteiger partial charge in [0.15, 0.2) is 5.03 Å². The summed E-state index contributed by atoms with van der Waals surface area (Å²) in [7, 11) is -2.06. The molecule has 0 spiro atoms. The molecule has 0 bridgehead atoms. The minimum atomic E-state index is -3.77. The summed E-state index contributed by atoms with van der Waals surface area (Å²) in [6.07, 6.45) is 2.90. The van der Waals surface area contributed by atoms with E-state index in [-0.39, 0.29) is 48.2 Å². The summed E-state index contributed by atoms with van der Waals surface area (Å²) in [5, 5.41) is -0.0111. The average molecular weight is 433 g/mol. The molecule has 1 aromatic heterocycles. The molecule has 1 aliphatic rings. The van der Waals surface area contributed by atoms with E-state index in [0.717, 1.165) is 5.56 Å². The number of imidazole rings is 1. The Morgan fingerprint density at radius 3 is 2.27 bits per heavy atom. The minimum Gasteiger partial charge on any atom is -0.493 e. The number of aromatic nitrogens is 2. The van der Waals surface area contributed by atoms with Crippen LogP contribution in [0.3, 0.4) is 0 Å². The zero-order valence-corrected chi connectivity index (χ0v) is 17.1. The molecule has 0 amide bonds. The van der Waals surface area contributed by atoms with Gasteiger partial charge in [-0.1, -0.05) is 12.1 Å². The van der Waals surface area contributed by atoms with Gasteiger partial charge < -0.3 is 9.30 Å². The highest BCUT2D eigenvalue weighted by atomic mass is 32.2. The van der Waals surface area contributed by atoms with Crippen LogP contribution in [-0.4, -0.2) is 42.0 Å². The highest BCUT2D eigenvalue weighted by molar-refractivity contribution is 7.89.